The van der Waals surface area contributed by atoms with E-state index in [1.807, 2.05) is 31.2 Å². The number of hydrogen-bond donors (Lipinski definition) is 1. The summed E-state index contributed by atoms with van der Waals surface area (Å²) in [5, 5.41) is 2.98. The standard InChI is InChI=1S/C18H27N3O3S/c1-3-25(23,24)21-12-10-20(11-13-21)17-8-6-16(7-9-17)19-18(22)14(2)15-4-5-15/h6-9,14-15H,3-5,10-13H2,1-2H3,(H,19,22). The highest BCUT2D eigenvalue weighted by Gasteiger charge is 2.32. The van der Waals surface area contributed by atoms with Crippen LogP contribution < -0.4 is 10.2 Å². The van der Waals surface area contributed by atoms with Crippen LogP contribution in [0.3, 0.4) is 0 Å². The van der Waals surface area contributed by atoms with E-state index in [-0.39, 0.29) is 17.6 Å². The minimum absolute atomic E-state index is 0.0771. The van der Waals surface area contributed by atoms with E-state index in [9.17, 15) is 13.2 Å². The Balaban J connectivity index is 1.55. The highest BCUT2D eigenvalue weighted by molar-refractivity contribution is 7.89. The lowest BCUT2D eigenvalue weighted by molar-refractivity contribution is -0.119. The van der Waals surface area contributed by atoms with Crippen LogP contribution in [0, 0.1) is 11.8 Å². The monoisotopic (exact) mass is 365 g/mol. The first-order chi connectivity index (χ1) is 11.9. The van der Waals surface area contributed by atoms with Gasteiger partial charge in [0.05, 0.1) is 5.75 Å². The molecule has 1 aromatic rings. The molecule has 0 radical (unpaired) electrons. The number of nitrogens with zero attached hydrogens (tertiary/aromatic N) is 2. The van der Waals surface area contributed by atoms with Crippen LogP contribution in [-0.4, -0.2) is 50.6 Å². The fraction of sp³-hybridized carbons (Fsp3) is 0.611. The SMILES string of the molecule is CCS(=O)(=O)N1CCN(c2ccc(NC(=O)C(C)C3CC3)cc2)CC1. The molecule has 1 unspecified atom stereocenters. The molecule has 1 N–H and O–H groups in total. The summed E-state index contributed by atoms with van der Waals surface area (Å²) in [6.07, 6.45) is 2.32. The van der Waals surface area contributed by atoms with Gasteiger partial charge < -0.3 is 10.2 Å². The van der Waals surface area contributed by atoms with Gasteiger partial charge in [0.2, 0.25) is 15.9 Å². The van der Waals surface area contributed by atoms with Crippen LogP contribution in [-0.2, 0) is 14.8 Å². The van der Waals surface area contributed by atoms with Crippen molar-refractivity contribution in [3.8, 4) is 0 Å². The van der Waals surface area contributed by atoms with Gasteiger partial charge in [0, 0.05) is 43.5 Å². The van der Waals surface area contributed by atoms with Crippen molar-refractivity contribution >= 4 is 27.3 Å². The molecular formula is C18H27N3O3S. The van der Waals surface area contributed by atoms with E-state index in [2.05, 4.69) is 10.2 Å². The number of carbonyl (C=O) groups is 1. The number of anilines is 2. The summed E-state index contributed by atoms with van der Waals surface area (Å²) in [4.78, 5) is 14.3. The van der Waals surface area contributed by atoms with Gasteiger partial charge in [-0.05, 0) is 49.9 Å². The van der Waals surface area contributed by atoms with E-state index in [1.165, 1.54) is 0 Å². The Morgan fingerprint density at radius 3 is 2.28 bits per heavy atom. The molecule has 0 aromatic heterocycles. The molecule has 1 saturated carbocycles. The molecule has 1 aliphatic heterocycles. The zero-order valence-electron chi connectivity index (χ0n) is 14.9. The fourth-order valence-electron chi connectivity index (χ4n) is 3.23. The van der Waals surface area contributed by atoms with E-state index in [4.69, 9.17) is 0 Å². The van der Waals surface area contributed by atoms with Crippen LogP contribution in [0.5, 0.6) is 0 Å². The molecule has 2 aliphatic rings. The van der Waals surface area contributed by atoms with Crippen LogP contribution in [0.1, 0.15) is 26.7 Å². The van der Waals surface area contributed by atoms with E-state index in [1.54, 1.807) is 11.2 Å². The van der Waals surface area contributed by atoms with Crippen molar-refractivity contribution in [2.24, 2.45) is 11.8 Å². The molecular weight excluding hydrogens is 338 g/mol. The molecule has 25 heavy (non-hydrogen) atoms. The third-order valence-electron chi connectivity index (χ3n) is 5.24. The lowest BCUT2D eigenvalue weighted by atomic mass is 10.1. The molecule has 138 valence electrons. The summed E-state index contributed by atoms with van der Waals surface area (Å²) in [5.74, 6) is 0.873. The van der Waals surface area contributed by atoms with Crippen molar-refractivity contribution in [2.45, 2.75) is 26.7 Å². The largest absolute Gasteiger partial charge is 0.369 e. The van der Waals surface area contributed by atoms with E-state index >= 15 is 0 Å². The molecule has 7 heteroatoms. The summed E-state index contributed by atoms with van der Waals surface area (Å²) < 4.78 is 25.4. The quantitative estimate of drug-likeness (QED) is 0.839. The number of rotatable bonds is 6. The molecule has 1 aromatic carbocycles. The topological polar surface area (TPSA) is 69.7 Å². The molecule has 6 nitrogen and oxygen atoms in total. The van der Waals surface area contributed by atoms with Crippen molar-refractivity contribution in [1.82, 2.24) is 4.31 Å². The number of hydrogen-bond acceptors (Lipinski definition) is 4. The highest BCUT2D eigenvalue weighted by Crippen LogP contribution is 2.37. The predicted molar refractivity (Wildman–Crippen MR) is 100 cm³/mol. The first-order valence-electron chi connectivity index (χ1n) is 9.04. The van der Waals surface area contributed by atoms with Crippen molar-refractivity contribution in [3.63, 3.8) is 0 Å². The molecule has 1 atom stereocenters. The second-order valence-electron chi connectivity index (χ2n) is 6.95. The van der Waals surface area contributed by atoms with Gasteiger partial charge in [0.15, 0.2) is 0 Å². The van der Waals surface area contributed by atoms with E-state index in [0.29, 0.717) is 32.1 Å². The van der Waals surface area contributed by atoms with Gasteiger partial charge in [-0.2, -0.15) is 4.31 Å². The highest BCUT2D eigenvalue weighted by atomic mass is 32.2. The second-order valence-corrected chi connectivity index (χ2v) is 9.21. The van der Waals surface area contributed by atoms with Gasteiger partial charge >= 0.3 is 0 Å². The van der Waals surface area contributed by atoms with Crippen molar-refractivity contribution in [1.29, 1.82) is 0 Å². The number of sulfonamides is 1. The average molecular weight is 365 g/mol. The Kier molecular flexibility index (Phi) is 5.34. The summed E-state index contributed by atoms with van der Waals surface area (Å²) >= 11 is 0. The maximum absolute atomic E-state index is 12.2. The second kappa shape index (κ2) is 7.33. The molecule has 3 rings (SSSR count). The molecule has 0 bridgehead atoms. The third kappa shape index (κ3) is 4.33. The van der Waals surface area contributed by atoms with Gasteiger partial charge in [-0.15, -0.1) is 0 Å². The first-order valence-corrected chi connectivity index (χ1v) is 10.7. The fourth-order valence-corrected chi connectivity index (χ4v) is 4.31. The summed E-state index contributed by atoms with van der Waals surface area (Å²) in [7, 11) is -3.10. The number of amides is 1. The number of carbonyl (C=O) groups excluding carboxylic acids is 1. The zero-order valence-corrected chi connectivity index (χ0v) is 15.8. The van der Waals surface area contributed by atoms with Crippen molar-refractivity contribution in [3.05, 3.63) is 24.3 Å². The number of nitrogens with one attached hydrogen (secondary N) is 1. The Bertz CT molecular complexity index is 706. The zero-order chi connectivity index (χ0) is 18.0. The van der Waals surface area contributed by atoms with E-state index < -0.39 is 10.0 Å². The van der Waals surface area contributed by atoms with Crippen LogP contribution in [0.4, 0.5) is 11.4 Å². The summed E-state index contributed by atoms with van der Waals surface area (Å²) in [6.45, 7) is 6.08. The maximum Gasteiger partial charge on any atom is 0.227 e. The molecule has 1 saturated heterocycles. The minimum Gasteiger partial charge on any atom is -0.369 e. The number of benzene rings is 1. The van der Waals surface area contributed by atoms with Gasteiger partial charge in [-0.25, -0.2) is 8.42 Å². The molecule has 0 spiro atoms. The maximum atomic E-state index is 12.2. The molecule has 1 aliphatic carbocycles. The summed E-state index contributed by atoms with van der Waals surface area (Å²) in [5.41, 5.74) is 1.87. The van der Waals surface area contributed by atoms with Crippen LogP contribution >= 0.6 is 0 Å². The Morgan fingerprint density at radius 2 is 1.76 bits per heavy atom. The van der Waals surface area contributed by atoms with Crippen molar-refractivity contribution < 1.29 is 13.2 Å². The van der Waals surface area contributed by atoms with Crippen LogP contribution in [0.2, 0.25) is 0 Å². The van der Waals surface area contributed by atoms with Gasteiger partial charge in [-0.3, -0.25) is 4.79 Å². The lowest BCUT2D eigenvalue weighted by Crippen LogP contribution is -2.49. The summed E-state index contributed by atoms with van der Waals surface area (Å²) in [6, 6.07) is 7.81. The van der Waals surface area contributed by atoms with E-state index in [0.717, 1.165) is 24.2 Å². The predicted octanol–water partition coefficient (Wildman–Crippen LogP) is 2.14. The Morgan fingerprint density at radius 1 is 1.16 bits per heavy atom. The minimum atomic E-state index is -3.10. The smallest absolute Gasteiger partial charge is 0.227 e. The van der Waals surface area contributed by atoms with Crippen LogP contribution in [0.25, 0.3) is 0 Å². The normalized spacial score (nSPS) is 20.3. The van der Waals surface area contributed by atoms with Crippen LogP contribution in [0.15, 0.2) is 24.3 Å². The Hall–Kier alpha value is -1.60. The average Bonchev–Trinajstić information content (AvgIpc) is 3.47. The third-order valence-corrected chi connectivity index (χ3v) is 7.12. The molecule has 2 fully saturated rings. The number of piperazine rings is 1. The lowest BCUT2D eigenvalue weighted by Gasteiger charge is -2.35. The Labute approximate surface area is 150 Å². The first kappa shape index (κ1) is 18.2. The molecule has 1 amide bonds. The van der Waals surface area contributed by atoms with Gasteiger partial charge in [-0.1, -0.05) is 6.92 Å². The van der Waals surface area contributed by atoms with Gasteiger partial charge in [0.25, 0.3) is 0 Å². The van der Waals surface area contributed by atoms with Crippen molar-refractivity contribution in [2.75, 3.05) is 42.1 Å². The molecule has 1 heterocycles. The van der Waals surface area contributed by atoms with Gasteiger partial charge in [0.1, 0.15) is 0 Å².